The molecule has 0 aliphatic rings. The Balaban J connectivity index is 2.98. The average Bonchev–Trinajstić information content (AvgIpc) is 2.35. The fourth-order valence-corrected chi connectivity index (χ4v) is 1.79. The molecule has 0 aliphatic heterocycles. The van der Waals surface area contributed by atoms with Crippen LogP contribution in [-0.4, -0.2) is 29.6 Å². The highest BCUT2D eigenvalue weighted by Gasteiger charge is 2.33. The lowest BCUT2D eigenvalue weighted by atomic mass is 9.86. The van der Waals surface area contributed by atoms with Crippen molar-refractivity contribution in [1.29, 1.82) is 0 Å². The molecule has 1 rings (SSSR count). The maximum atomic E-state index is 12.2. The number of amides is 1. The van der Waals surface area contributed by atoms with Crippen molar-refractivity contribution >= 4 is 11.9 Å². The van der Waals surface area contributed by atoms with E-state index in [2.05, 4.69) is 5.32 Å². The molecule has 0 radical (unpaired) electrons. The molecule has 1 aromatic rings. The highest BCUT2D eigenvalue weighted by Crippen LogP contribution is 2.22. The predicted molar refractivity (Wildman–Crippen MR) is 76.0 cm³/mol. The maximum Gasteiger partial charge on any atom is 0.326 e. The van der Waals surface area contributed by atoms with Crippen LogP contribution in [-0.2, 0) is 4.79 Å². The number of nitrogens with one attached hydrogen (secondary N) is 1. The number of carboxylic acids is 1. The molecule has 1 atom stereocenters. The summed E-state index contributed by atoms with van der Waals surface area (Å²) in [5.74, 6) is -1.05. The average molecular weight is 279 g/mol. The number of benzene rings is 1. The van der Waals surface area contributed by atoms with Gasteiger partial charge < -0.3 is 15.2 Å². The van der Waals surface area contributed by atoms with Crippen LogP contribution in [0.1, 0.15) is 38.1 Å². The minimum Gasteiger partial charge on any atom is -0.493 e. The first-order valence-electron chi connectivity index (χ1n) is 6.53. The summed E-state index contributed by atoms with van der Waals surface area (Å²) in [6.45, 7) is 7.55. The number of carbonyl (C=O) groups excluding carboxylic acids is 1. The molecule has 2 N–H and O–H groups in total. The van der Waals surface area contributed by atoms with E-state index in [-0.39, 0.29) is 0 Å². The Morgan fingerprint density at radius 2 is 1.90 bits per heavy atom. The van der Waals surface area contributed by atoms with Crippen LogP contribution < -0.4 is 10.1 Å². The van der Waals surface area contributed by atoms with E-state index in [1.54, 1.807) is 45.0 Å². The minimum atomic E-state index is -1.06. The number of aliphatic carboxylic acids is 1. The summed E-state index contributed by atoms with van der Waals surface area (Å²) < 4.78 is 5.38. The quantitative estimate of drug-likeness (QED) is 0.867. The van der Waals surface area contributed by atoms with Crippen LogP contribution >= 0.6 is 0 Å². The molecule has 5 nitrogen and oxygen atoms in total. The standard InChI is InChI=1S/C15H21NO4/c1-5-20-11-9-7-6-8-10(11)13(17)16-12(14(18)19)15(2,3)4/h6-9,12H,5H2,1-4H3,(H,16,17)(H,18,19)/t12-/m0/s1. The molecule has 0 heterocycles. The zero-order valence-electron chi connectivity index (χ0n) is 12.3. The predicted octanol–water partition coefficient (Wildman–Crippen LogP) is 2.31. The molecule has 110 valence electrons. The number of rotatable bonds is 5. The maximum absolute atomic E-state index is 12.2. The van der Waals surface area contributed by atoms with Gasteiger partial charge in [0.2, 0.25) is 0 Å². The first-order chi connectivity index (χ1) is 9.27. The third-order valence-corrected chi connectivity index (χ3v) is 2.82. The molecule has 0 saturated heterocycles. The van der Waals surface area contributed by atoms with E-state index in [0.717, 1.165) is 0 Å². The highest BCUT2D eigenvalue weighted by atomic mass is 16.5. The van der Waals surface area contributed by atoms with Crippen molar-refractivity contribution in [3.05, 3.63) is 29.8 Å². The van der Waals surface area contributed by atoms with Crippen LogP contribution in [0.3, 0.4) is 0 Å². The van der Waals surface area contributed by atoms with Crippen LogP contribution in [0.4, 0.5) is 0 Å². The lowest BCUT2D eigenvalue weighted by Gasteiger charge is -2.28. The van der Waals surface area contributed by atoms with Gasteiger partial charge in [-0.25, -0.2) is 4.79 Å². The van der Waals surface area contributed by atoms with Crippen molar-refractivity contribution < 1.29 is 19.4 Å². The zero-order valence-corrected chi connectivity index (χ0v) is 12.3. The van der Waals surface area contributed by atoms with Gasteiger partial charge in [-0.05, 0) is 24.5 Å². The normalized spacial score (nSPS) is 12.6. The van der Waals surface area contributed by atoms with Gasteiger partial charge >= 0.3 is 5.97 Å². The molecule has 0 saturated carbocycles. The van der Waals surface area contributed by atoms with Crippen molar-refractivity contribution in [3.63, 3.8) is 0 Å². The topological polar surface area (TPSA) is 75.6 Å². The highest BCUT2D eigenvalue weighted by molar-refractivity contribution is 5.99. The van der Waals surface area contributed by atoms with Gasteiger partial charge in [0.25, 0.3) is 5.91 Å². The first-order valence-corrected chi connectivity index (χ1v) is 6.53. The van der Waals surface area contributed by atoms with Crippen molar-refractivity contribution in [2.45, 2.75) is 33.7 Å². The van der Waals surface area contributed by atoms with Crippen molar-refractivity contribution in [2.24, 2.45) is 5.41 Å². The Morgan fingerprint density at radius 1 is 1.30 bits per heavy atom. The van der Waals surface area contributed by atoms with Crippen molar-refractivity contribution in [1.82, 2.24) is 5.32 Å². The van der Waals surface area contributed by atoms with Crippen molar-refractivity contribution in [3.8, 4) is 5.75 Å². The molecular weight excluding hydrogens is 258 g/mol. The van der Waals surface area contributed by atoms with Crippen LogP contribution in [0.2, 0.25) is 0 Å². The molecular formula is C15H21NO4. The lowest BCUT2D eigenvalue weighted by molar-refractivity contribution is -0.142. The Kier molecular flexibility index (Phi) is 5.13. The van der Waals surface area contributed by atoms with Crippen molar-refractivity contribution in [2.75, 3.05) is 6.61 Å². The van der Waals surface area contributed by atoms with Gasteiger partial charge in [0.05, 0.1) is 12.2 Å². The second-order valence-corrected chi connectivity index (χ2v) is 5.54. The van der Waals surface area contributed by atoms with Gasteiger partial charge in [-0.1, -0.05) is 32.9 Å². The monoisotopic (exact) mass is 279 g/mol. The van der Waals surface area contributed by atoms with Gasteiger partial charge in [0.15, 0.2) is 0 Å². The second-order valence-electron chi connectivity index (χ2n) is 5.54. The third kappa shape index (κ3) is 3.98. The van der Waals surface area contributed by atoms with Crippen LogP contribution in [0.25, 0.3) is 0 Å². The fourth-order valence-electron chi connectivity index (χ4n) is 1.79. The number of para-hydroxylation sites is 1. The van der Waals surface area contributed by atoms with E-state index < -0.39 is 23.3 Å². The number of ether oxygens (including phenoxy) is 1. The Labute approximate surface area is 118 Å². The smallest absolute Gasteiger partial charge is 0.326 e. The summed E-state index contributed by atoms with van der Waals surface area (Å²) >= 11 is 0. The van der Waals surface area contributed by atoms with E-state index in [1.165, 1.54) is 0 Å². The van der Waals surface area contributed by atoms with E-state index in [9.17, 15) is 14.7 Å². The molecule has 0 fully saturated rings. The largest absolute Gasteiger partial charge is 0.493 e. The molecule has 0 unspecified atom stereocenters. The second kappa shape index (κ2) is 6.41. The van der Waals surface area contributed by atoms with E-state index in [4.69, 9.17) is 4.74 Å². The van der Waals surface area contributed by atoms with Gasteiger partial charge in [-0.2, -0.15) is 0 Å². The summed E-state index contributed by atoms with van der Waals surface area (Å²) in [4.78, 5) is 23.5. The zero-order chi connectivity index (χ0) is 15.3. The number of carbonyl (C=O) groups is 2. The van der Waals surface area contributed by atoms with Gasteiger partial charge in [0.1, 0.15) is 11.8 Å². The summed E-state index contributed by atoms with van der Waals surface area (Å²) in [5.41, 5.74) is -0.243. The minimum absolute atomic E-state index is 0.338. The number of hydrogen-bond acceptors (Lipinski definition) is 3. The Hall–Kier alpha value is -2.04. The molecule has 0 aromatic heterocycles. The van der Waals surface area contributed by atoms with Gasteiger partial charge in [-0.3, -0.25) is 4.79 Å². The van der Waals surface area contributed by atoms with Gasteiger partial charge in [0, 0.05) is 0 Å². The summed E-state index contributed by atoms with van der Waals surface area (Å²) in [7, 11) is 0. The van der Waals surface area contributed by atoms with Crippen LogP contribution in [0.15, 0.2) is 24.3 Å². The first kappa shape index (κ1) is 16.0. The summed E-state index contributed by atoms with van der Waals surface area (Å²) in [5, 5.41) is 11.8. The Bertz CT molecular complexity index is 491. The molecule has 0 spiro atoms. The van der Waals surface area contributed by atoms with E-state index in [1.807, 2.05) is 6.92 Å². The molecule has 1 aromatic carbocycles. The van der Waals surface area contributed by atoms with Crippen LogP contribution in [0.5, 0.6) is 5.75 Å². The lowest BCUT2D eigenvalue weighted by Crippen LogP contribution is -2.49. The Morgan fingerprint density at radius 3 is 2.40 bits per heavy atom. The summed E-state index contributed by atoms with van der Waals surface area (Å²) in [6, 6.07) is 5.81. The number of carboxylic acid groups (broad SMARTS) is 1. The molecule has 5 heteroatoms. The third-order valence-electron chi connectivity index (χ3n) is 2.82. The van der Waals surface area contributed by atoms with Crippen LogP contribution in [0, 0.1) is 5.41 Å². The van der Waals surface area contributed by atoms with Gasteiger partial charge in [-0.15, -0.1) is 0 Å². The molecule has 0 aliphatic carbocycles. The SMILES string of the molecule is CCOc1ccccc1C(=O)N[C@@H](C(=O)O)C(C)(C)C. The molecule has 20 heavy (non-hydrogen) atoms. The number of hydrogen-bond donors (Lipinski definition) is 2. The van der Waals surface area contributed by atoms with E-state index >= 15 is 0 Å². The fraction of sp³-hybridized carbons (Fsp3) is 0.467. The molecule has 1 amide bonds. The summed E-state index contributed by atoms with van der Waals surface area (Å²) in [6.07, 6.45) is 0. The molecule has 0 bridgehead atoms. The van der Waals surface area contributed by atoms with E-state index in [0.29, 0.717) is 17.9 Å².